The molecule has 1 unspecified atom stereocenters. The first-order valence-electron chi connectivity index (χ1n) is 7.79. The minimum absolute atomic E-state index is 0.0734. The molecule has 1 amide bonds. The molecule has 3 rings (SSSR count). The van der Waals surface area contributed by atoms with E-state index in [1.807, 2.05) is 18.3 Å². The topological polar surface area (TPSA) is 65.4 Å². The van der Waals surface area contributed by atoms with Crippen molar-refractivity contribution in [2.24, 2.45) is 0 Å². The Kier molecular flexibility index (Phi) is 4.92. The summed E-state index contributed by atoms with van der Waals surface area (Å²) >= 11 is 0. The van der Waals surface area contributed by atoms with Gasteiger partial charge in [0.1, 0.15) is 18.2 Å². The fraction of sp³-hybridized carbons (Fsp3) is 0.412. The van der Waals surface area contributed by atoms with Gasteiger partial charge in [-0.1, -0.05) is 6.07 Å². The normalized spacial score (nSPS) is 16.7. The van der Waals surface area contributed by atoms with Gasteiger partial charge in [0.05, 0.1) is 6.61 Å². The van der Waals surface area contributed by atoms with Crippen LogP contribution in [0.15, 0.2) is 36.7 Å². The maximum absolute atomic E-state index is 12.4. The highest BCUT2D eigenvalue weighted by Gasteiger charge is 2.20. The van der Waals surface area contributed by atoms with Gasteiger partial charge in [-0.2, -0.15) is 0 Å². The second kappa shape index (κ2) is 7.28. The molecule has 1 atom stereocenters. The van der Waals surface area contributed by atoms with E-state index in [0.29, 0.717) is 24.5 Å². The first-order valence-corrected chi connectivity index (χ1v) is 7.79. The molecule has 0 radical (unpaired) electrons. The number of benzene rings is 1. The van der Waals surface area contributed by atoms with Gasteiger partial charge in [-0.3, -0.25) is 4.79 Å². The molecule has 0 spiro atoms. The third kappa shape index (κ3) is 3.90. The number of nitrogens with one attached hydrogen (secondary N) is 1. The number of aromatic nitrogens is 2. The molecular formula is C17H21N3O3. The molecule has 1 aliphatic heterocycles. The van der Waals surface area contributed by atoms with Gasteiger partial charge in [-0.05, 0) is 24.6 Å². The van der Waals surface area contributed by atoms with Crippen molar-refractivity contribution in [3.63, 3.8) is 0 Å². The van der Waals surface area contributed by atoms with E-state index in [0.717, 1.165) is 25.2 Å². The van der Waals surface area contributed by atoms with Crippen LogP contribution in [-0.2, 0) is 17.7 Å². The molecular weight excluding hydrogens is 294 g/mol. The van der Waals surface area contributed by atoms with Gasteiger partial charge in [-0.15, -0.1) is 0 Å². The molecule has 0 aliphatic carbocycles. The first kappa shape index (κ1) is 15.6. The van der Waals surface area contributed by atoms with Crippen molar-refractivity contribution < 1.29 is 14.3 Å². The number of carbonyl (C=O) groups is 1. The van der Waals surface area contributed by atoms with Crippen LogP contribution in [0.1, 0.15) is 22.6 Å². The molecule has 0 saturated heterocycles. The van der Waals surface area contributed by atoms with Gasteiger partial charge in [0.25, 0.3) is 5.91 Å². The summed E-state index contributed by atoms with van der Waals surface area (Å²) in [6.07, 6.45) is 5.56. The molecule has 6 nitrogen and oxygen atoms in total. The number of rotatable bonds is 6. The van der Waals surface area contributed by atoms with E-state index < -0.39 is 0 Å². The van der Waals surface area contributed by atoms with E-state index in [9.17, 15) is 4.79 Å². The van der Waals surface area contributed by atoms with Crippen LogP contribution in [0.3, 0.4) is 0 Å². The Morgan fingerprint density at radius 2 is 2.35 bits per heavy atom. The Balaban J connectivity index is 1.59. The second-order valence-electron chi connectivity index (χ2n) is 5.57. The standard InChI is InChI=1S/C17H21N3O3/c1-22-9-10-23-15-4-2-3-13(11-15)17(21)19-14-5-6-16-18-7-8-20(16)12-14/h2-4,7-8,11,14H,5-6,9-10,12H2,1H3,(H,19,21). The molecule has 2 heterocycles. The molecule has 23 heavy (non-hydrogen) atoms. The number of fused-ring (bicyclic) bond motifs is 1. The highest BCUT2D eigenvalue weighted by Crippen LogP contribution is 2.16. The summed E-state index contributed by atoms with van der Waals surface area (Å²) in [6.45, 7) is 1.75. The Labute approximate surface area is 135 Å². The Morgan fingerprint density at radius 3 is 3.22 bits per heavy atom. The van der Waals surface area contributed by atoms with Gasteiger partial charge < -0.3 is 19.4 Å². The van der Waals surface area contributed by atoms with Crippen molar-refractivity contribution in [3.8, 4) is 5.75 Å². The van der Waals surface area contributed by atoms with E-state index >= 15 is 0 Å². The number of methoxy groups -OCH3 is 1. The third-order valence-electron chi connectivity index (χ3n) is 3.92. The zero-order chi connectivity index (χ0) is 16.1. The number of imidazole rings is 1. The summed E-state index contributed by atoms with van der Waals surface area (Å²) in [6, 6.07) is 7.35. The zero-order valence-electron chi connectivity index (χ0n) is 13.2. The highest BCUT2D eigenvalue weighted by atomic mass is 16.5. The van der Waals surface area contributed by atoms with E-state index in [1.54, 1.807) is 25.4 Å². The Hall–Kier alpha value is -2.34. The lowest BCUT2D eigenvalue weighted by Crippen LogP contribution is -2.40. The van der Waals surface area contributed by atoms with Gasteiger partial charge in [0, 0.05) is 44.1 Å². The number of carbonyl (C=O) groups excluding carboxylic acids is 1. The molecule has 1 aromatic carbocycles. The summed E-state index contributed by atoms with van der Waals surface area (Å²) in [5.74, 6) is 1.69. The molecule has 1 N–H and O–H groups in total. The number of ether oxygens (including phenoxy) is 2. The number of aryl methyl sites for hydroxylation is 1. The SMILES string of the molecule is COCCOc1cccc(C(=O)NC2CCc3nccn3C2)c1. The fourth-order valence-electron chi connectivity index (χ4n) is 2.72. The predicted octanol–water partition coefficient (Wildman–Crippen LogP) is 1.65. The van der Waals surface area contributed by atoms with Crippen LogP contribution in [0.5, 0.6) is 5.75 Å². The first-order chi connectivity index (χ1) is 11.3. The van der Waals surface area contributed by atoms with Crippen LogP contribution in [0.4, 0.5) is 0 Å². The third-order valence-corrected chi connectivity index (χ3v) is 3.92. The summed E-state index contributed by atoms with van der Waals surface area (Å²) in [4.78, 5) is 16.7. The summed E-state index contributed by atoms with van der Waals surface area (Å²) in [7, 11) is 1.63. The van der Waals surface area contributed by atoms with Crippen LogP contribution >= 0.6 is 0 Å². The average Bonchev–Trinajstić information content (AvgIpc) is 3.03. The molecule has 1 aliphatic rings. The summed E-state index contributed by atoms with van der Waals surface area (Å²) in [5.41, 5.74) is 0.608. The molecule has 122 valence electrons. The van der Waals surface area contributed by atoms with Crippen molar-refractivity contribution in [1.82, 2.24) is 14.9 Å². The Bertz CT molecular complexity index is 669. The predicted molar refractivity (Wildman–Crippen MR) is 85.6 cm³/mol. The highest BCUT2D eigenvalue weighted by molar-refractivity contribution is 5.94. The van der Waals surface area contributed by atoms with Crippen molar-refractivity contribution in [2.45, 2.75) is 25.4 Å². The van der Waals surface area contributed by atoms with Crippen molar-refractivity contribution >= 4 is 5.91 Å². The van der Waals surface area contributed by atoms with Crippen LogP contribution < -0.4 is 10.1 Å². The van der Waals surface area contributed by atoms with E-state index in [-0.39, 0.29) is 11.9 Å². The quantitative estimate of drug-likeness (QED) is 0.823. The van der Waals surface area contributed by atoms with Gasteiger partial charge in [0.15, 0.2) is 0 Å². The molecule has 2 aromatic rings. The van der Waals surface area contributed by atoms with Crippen molar-refractivity contribution in [1.29, 1.82) is 0 Å². The minimum atomic E-state index is -0.0734. The molecule has 0 bridgehead atoms. The molecule has 0 fully saturated rings. The maximum Gasteiger partial charge on any atom is 0.251 e. The number of hydrogen-bond acceptors (Lipinski definition) is 4. The summed E-state index contributed by atoms with van der Waals surface area (Å²) < 4.78 is 12.6. The van der Waals surface area contributed by atoms with Crippen LogP contribution in [0.2, 0.25) is 0 Å². The monoisotopic (exact) mass is 315 g/mol. The van der Waals surface area contributed by atoms with Crippen molar-refractivity contribution in [2.75, 3.05) is 20.3 Å². The van der Waals surface area contributed by atoms with Crippen LogP contribution in [0, 0.1) is 0 Å². The van der Waals surface area contributed by atoms with Gasteiger partial charge >= 0.3 is 0 Å². The maximum atomic E-state index is 12.4. The number of nitrogens with zero attached hydrogens (tertiary/aromatic N) is 2. The largest absolute Gasteiger partial charge is 0.491 e. The number of amides is 1. The minimum Gasteiger partial charge on any atom is -0.491 e. The van der Waals surface area contributed by atoms with E-state index in [1.165, 1.54) is 0 Å². The lowest BCUT2D eigenvalue weighted by molar-refractivity contribution is 0.0927. The van der Waals surface area contributed by atoms with Gasteiger partial charge in [-0.25, -0.2) is 4.98 Å². The lowest BCUT2D eigenvalue weighted by Gasteiger charge is -2.24. The van der Waals surface area contributed by atoms with Crippen LogP contribution in [0.25, 0.3) is 0 Å². The molecule has 6 heteroatoms. The fourth-order valence-corrected chi connectivity index (χ4v) is 2.72. The van der Waals surface area contributed by atoms with Crippen molar-refractivity contribution in [3.05, 3.63) is 48.0 Å². The lowest BCUT2D eigenvalue weighted by atomic mass is 10.1. The van der Waals surface area contributed by atoms with Crippen LogP contribution in [-0.4, -0.2) is 41.8 Å². The smallest absolute Gasteiger partial charge is 0.251 e. The molecule has 1 aromatic heterocycles. The summed E-state index contributed by atoms with van der Waals surface area (Å²) in [5, 5.41) is 3.09. The average molecular weight is 315 g/mol. The van der Waals surface area contributed by atoms with E-state index in [4.69, 9.17) is 9.47 Å². The van der Waals surface area contributed by atoms with Gasteiger partial charge in [0.2, 0.25) is 0 Å². The van der Waals surface area contributed by atoms with E-state index in [2.05, 4.69) is 14.9 Å². The molecule has 0 saturated carbocycles. The second-order valence-corrected chi connectivity index (χ2v) is 5.57. The zero-order valence-corrected chi connectivity index (χ0v) is 13.2. The number of hydrogen-bond donors (Lipinski definition) is 1. The Morgan fingerprint density at radius 1 is 1.43 bits per heavy atom.